The summed E-state index contributed by atoms with van der Waals surface area (Å²) in [6.07, 6.45) is 4.62. The number of nitrogens with zero attached hydrogens (tertiary/aromatic N) is 4. The molecule has 1 aromatic carbocycles. The highest BCUT2D eigenvalue weighted by Crippen LogP contribution is 2.21. The van der Waals surface area contributed by atoms with Crippen LogP contribution in [0, 0.1) is 0 Å². The van der Waals surface area contributed by atoms with E-state index in [0.717, 1.165) is 29.0 Å². The maximum Gasteiger partial charge on any atom is 0.158 e. The Balaban J connectivity index is 1.84. The van der Waals surface area contributed by atoms with E-state index >= 15 is 0 Å². The van der Waals surface area contributed by atoms with Crippen molar-refractivity contribution in [1.82, 2.24) is 25.5 Å². The van der Waals surface area contributed by atoms with E-state index in [1.807, 2.05) is 28.9 Å². The molecule has 2 aromatic rings. The minimum Gasteiger partial charge on any atom is -0.314 e. The topological polar surface area (TPSA) is 55.6 Å². The van der Waals surface area contributed by atoms with Crippen molar-refractivity contribution in [2.45, 2.75) is 31.7 Å². The van der Waals surface area contributed by atoms with Crippen LogP contribution in [-0.4, -0.2) is 32.8 Å². The molecule has 0 radical (unpaired) electrons. The number of hydrogen-bond donors (Lipinski definition) is 1. The lowest BCUT2D eigenvalue weighted by molar-refractivity contribution is 0.392. The smallest absolute Gasteiger partial charge is 0.158 e. The normalized spacial score (nSPS) is 19.5. The highest BCUT2D eigenvalue weighted by atomic mass is 79.9. The average molecular weight is 322 g/mol. The maximum atomic E-state index is 4.17. The second kappa shape index (κ2) is 5.79. The molecule has 1 unspecified atom stereocenters. The van der Waals surface area contributed by atoms with Gasteiger partial charge in [0.2, 0.25) is 0 Å². The average Bonchev–Trinajstić information content (AvgIpc) is 2.88. The maximum absolute atomic E-state index is 4.17. The van der Waals surface area contributed by atoms with E-state index < -0.39 is 0 Å². The van der Waals surface area contributed by atoms with Crippen molar-refractivity contribution in [1.29, 1.82) is 0 Å². The largest absolute Gasteiger partial charge is 0.314 e. The van der Waals surface area contributed by atoms with Gasteiger partial charge in [0.05, 0.1) is 5.69 Å². The van der Waals surface area contributed by atoms with Gasteiger partial charge in [0.15, 0.2) is 5.82 Å². The van der Waals surface area contributed by atoms with Gasteiger partial charge in [0.25, 0.3) is 0 Å². The molecule has 3 rings (SSSR count). The van der Waals surface area contributed by atoms with E-state index in [1.54, 1.807) is 0 Å². The summed E-state index contributed by atoms with van der Waals surface area (Å²) < 4.78 is 2.82. The Labute approximate surface area is 120 Å². The van der Waals surface area contributed by atoms with E-state index in [4.69, 9.17) is 0 Å². The predicted octanol–water partition coefficient (Wildman–Crippen LogP) is 2.11. The van der Waals surface area contributed by atoms with Crippen molar-refractivity contribution in [2.24, 2.45) is 0 Å². The zero-order chi connectivity index (χ0) is 13.1. The number of rotatable bonds is 3. The van der Waals surface area contributed by atoms with E-state index in [0.29, 0.717) is 6.04 Å². The van der Waals surface area contributed by atoms with Crippen LogP contribution in [0.3, 0.4) is 0 Å². The summed E-state index contributed by atoms with van der Waals surface area (Å²) in [4.78, 5) is 0. The molecular formula is C13H16BrN5. The van der Waals surface area contributed by atoms with E-state index in [-0.39, 0.29) is 0 Å². The summed E-state index contributed by atoms with van der Waals surface area (Å²) in [6.45, 7) is 1.10. The Bertz CT molecular complexity index is 547. The first-order valence-electron chi connectivity index (χ1n) is 6.60. The van der Waals surface area contributed by atoms with E-state index in [2.05, 4.69) is 36.8 Å². The van der Waals surface area contributed by atoms with Gasteiger partial charge in [-0.1, -0.05) is 18.6 Å². The Kier molecular flexibility index (Phi) is 3.89. The molecule has 0 aliphatic carbocycles. The molecule has 0 saturated carbocycles. The summed E-state index contributed by atoms with van der Waals surface area (Å²) in [5.41, 5.74) is 0.985. The number of halogens is 1. The standard InChI is InChI=1S/C13H16BrN5/c14-11-6-1-2-7-12(11)19-13(16-17-18-19)9-10-5-3-4-8-15-10/h1-2,6-7,10,15H,3-5,8-9H2. The molecule has 6 heteroatoms. The van der Waals surface area contributed by atoms with Crippen molar-refractivity contribution in [3.8, 4) is 5.69 Å². The molecule has 5 nitrogen and oxygen atoms in total. The molecule has 1 aliphatic heterocycles. The molecule has 100 valence electrons. The van der Waals surface area contributed by atoms with Gasteiger partial charge in [-0.15, -0.1) is 5.10 Å². The summed E-state index contributed by atoms with van der Waals surface area (Å²) in [7, 11) is 0. The zero-order valence-corrected chi connectivity index (χ0v) is 12.2. The minimum atomic E-state index is 0.487. The molecule has 0 spiro atoms. The van der Waals surface area contributed by atoms with Crippen LogP contribution in [0.4, 0.5) is 0 Å². The van der Waals surface area contributed by atoms with Crippen LogP contribution in [0.2, 0.25) is 0 Å². The van der Waals surface area contributed by atoms with Crippen LogP contribution >= 0.6 is 15.9 Å². The van der Waals surface area contributed by atoms with Crippen LogP contribution in [0.15, 0.2) is 28.7 Å². The second-order valence-electron chi connectivity index (χ2n) is 4.81. The fraction of sp³-hybridized carbons (Fsp3) is 0.462. The number of piperidine rings is 1. The molecular weight excluding hydrogens is 306 g/mol. The molecule has 19 heavy (non-hydrogen) atoms. The van der Waals surface area contributed by atoms with E-state index in [9.17, 15) is 0 Å². The van der Waals surface area contributed by atoms with E-state index in [1.165, 1.54) is 19.3 Å². The molecule has 1 atom stereocenters. The summed E-state index contributed by atoms with van der Waals surface area (Å²) in [6, 6.07) is 8.48. The molecule has 1 aliphatic rings. The highest BCUT2D eigenvalue weighted by Gasteiger charge is 2.18. The Morgan fingerprint density at radius 2 is 2.21 bits per heavy atom. The quantitative estimate of drug-likeness (QED) is 0.940. The number of benzene rings is 1. The Morgan fingerprint density at radius 3 is 3.00 bits per heavy atom. The third-order valence-electron chi connectivity index (χ3n) is 3.46. The first-order chi connectivity index (χ1) is 9.34. The Morgan fingerprint density at radius 1 is 1.32 bits per heavy atom. The van der Waals surface area contributed by atoms with Gasteiger partial charge >= 0.3 is 0 Å². The lowest BCUT2D eigenvalue weighted by atomic mass is 10.0. The van der Waals surface area contributed by atoms with Crippen LogP contribution in [-0.2, 0) is 6.42 Å². The van der Waals surface area contributed by atoms with Crippen molar-refractivity contribution < 1.29 is 0 Å². The van der Waals surface area contributed by atoms with Crippen LogP contribution in [0.1, 0.15) is 25.1 Å². The monoisotopic (exact) mass is 321 g/mol. The summed E-state index contributed by atoms with van der Waals surface area (Å²) in [5.74, 6) is 0.909. The van der Waals surface area contributed by atoms with Crippen LogP contribution < -0.4 is 5.32 Å². The number of hydrogen-bond acceptors (Lipinski definition) is 4. The third kappa shape index (κ3) is 2.84. The third-order valence-corrected chi connectivity index (χ3v) is 4.13. The molecule has 0 bridgehead atoms. The molecule has 0 amide bonds. The second-order valence-corrected chi connectivity index (χ2v) is 5.66. The molecule has 1 aromatic heterocycles. The SMILES string of the molecule is Brc1ccccc1-n1nnnc1CC1CCCCN1. The lowest BCUT2D eigenvalue weighted by Gasteiger charge is -2.22. The van der Waals surface area contributed by atoms with Gasteiger partial charge in [-0.25, -0.2) is 0 Å². The summed E-state index contributed by atoms with van der Waals surface area (Å²) in [5, 5.41) is 15.6. The van der Waals surface area contributed by atoms with Gasteiger partial charge in [-0.05, 0) is 57.9 Å². The van der Waals surface area contributed by atoms with Crippen LogP contribution in [0.5, 0.6) is 0 Å². The lowest BCUT2D eigenvalue weighted by Crippen LogP contribution is -2.36. The highest BCUT2D eigenvalue weighted by molar-refractivity contribution is 9.10. The van der Waals surface area contributed by atoms with Gasteiger partial charge in [-0.3, -0.25) is 0 Å². The van der Waals surface area contributed by atoms with Crippen molar-refractivity contribution >= 4 is 15.9 Å². The predicted molar refractivity (Wildman–Crippen MR) is 76.2 cm³/mol. The van der Waals surface area contributed by atoms with Crippen molar-refractivity contribution in [3.05, 3.63) is 34.6 Å². The van der Waals surface area contributed by atoms with Gasteiger partial charge in [0, 0.05) is 16.9 Å². The molecule has 2 heterocycles. The minimum absolute atomic E-state index is 0.487. The fourth-order valence-corrected chi connectivity index (χ4v) is 2.91. The molecule has 1 fully saturated rings. The fourth-order valence-electron chi connectivity index (χ4n) is 2.46. The number of aromatic nitrogens is 4. The van der Waals surface area contributed by atoms with Crippen molar-refractivity contribution in [3.63, 3.8) is 0 Å². The Hall–Kier alpha value is -1.27. The van der Waals surface area contributed by atoms with Crippen LogP contribution in [0.25, 0.3) is 5.69 Å². The first-order valence-corrected chi connectivity index (χ1v) is 7.39. The number of nitrogens with one attached hydrogen (secondary N) is 1. The number of para-hydroxylation sites is 1. The first kappa shape index (κ1) is 12.7. The summed E-state index contributed by atoms with van der Waals surface area (Å²) >= 11 is 3.55. The van der Waals surface area contributed by atoms with Crippen molar-refractivity contribution in [2.75, 3.05) is 6.54 Å². The molecule has 1 N–H and O–H groups in total. The van der Waals surface area contributed by atoms with Gasteiger partial charge in [0.1, 0.15) is 0 Å². The number of tetrazole rings is 1. The molecule has 1 saturated heterocycles. The van der Waals surface area contributed by atoms with Gasteiger partial charge < -0.3 is 5.32 Å². The van der Waals surface area contributed by atoms with Gasteiger partial charge in [-0.2, -0.15) is 4.68 Å². The zero-order valence-electron chi connectivity index (χ0n) is 10.6.